The van der Waals surface area contributed by atoms with Crippen molar-refractivity contribution in [1.82, 2.24) is 0 Å². The maximum Gasteiger partial charge on any atom is 0.342 e. The maximum atomic E-state index is 12.4. The van der Waals surface area contributed by atoms with Crippen LogP contribution in [0.1, 0.15) is 22.8 Å². The van der Waals surface area contributed by atoms with E-state index in [4.69, 9.17) is 14.2 Å². The third-order valence-corrected chi connectivity index (χ3v) is 3.57. The lowest BCUT2D eigenvalue weighted by molar-refractivity contribution is -0.123. The third-order valence-electron chi connectivity index (χ3n) is 3.57. The van der Waals surface area contributed by atoms with E-state index in [1.54, 1.807) is 18.2 Å². The number of methoxy groups -OCH3 is 2. The van der Waals surface area contributed by atoms with Gasteiger partial charge in [0.25, 0.3) is 5.91 Å². The largest absolute Gasteiger partial charge is 0.497 e. The molecule has 0 bridgehead atoms. The zero-order valence-electron chi connectivity index (χ0n) is 14.7. The van der Waals surface area contributed by atoms with Crippen LogP contribution in [0.3, 0.4) is 0 Å². The highest BCUT2D eigenvalue weighted by Gasteiger charge is 2.22. The first kappa shape index (κ1) is 18.3. The van der Waals surface area contributed by atoms with Gasteiger partial charge in [-0.2, -0.15) is 0 Å². The van der Waals surface area contributed by atoms with Crippen LogP contribution in [-0.4, -0.2) is 32.2 Å². The predicted molar refractivity (Wildman–Crippen MR) is 94.2 cm³/mol. The van der Waals surface area contributed by atoms with Gasteiger partial charge in [0.15, 0.2) is 6.10 Å². The molecule has 1 atom stereocenters. The van der Waals surface area contributed by atoms with Crippen LogP contribution in [0.15, 0.2) is 42.5 Å². The second-order valence-electron chi connectivity index (χ2n) is 5.47. The lowest BCUT2D eigenvalue weighted by atomic mass is 10.2. The first-order valence-corrected chi connectivity index (χ1v) is 7.75. The Hall–Kier alpha value is -3.02. The molecule has 0 aromatic heterocycles. The lowest BCUT2D eigenvalue weighted by Gasteiger charge is -2.15. The SMILES string of the molecule is COc1ccc(OC)c(C(=O)O[C@@H](C)C(=O)Nc2cccc(C)c2)c1. The van der Waals surface area contributed by atoms with Gasteiger partial charge in [0.2, 0.25) is 0 Å². The number of nitrogens with one attached hydrogen (secondary N) is 1. The number of hydrogen-bond donors (Lipinski definition) is 1. The number of ether oxygens (including phenoxy) is 3. The Morgan fingerprint density at radius 3 is 2.44 bits per heavy atom. The molecule has 25 heavy (non-hydrogen) atoms. The predicted octanol–water partition coefficient (Wildman–Crippen LogP) is 3.20. The summed E-state index contributed by atoms with van der Waals surface area (Å²) in [5.41, 5.74) is 1.85. The average molecular weight is 343 g/mol. The molecule has 6 heteroatoms. The van der Waals surface area contributed by atoms with Crippen LogP contribution in [0, 0.1) is 6.92 Å². The highest BCUT2D eigenvalue weighted by Crippen LogP contribution is 2.25. The van der Waals surface area contributed by atoms with E-state index in [-0.39, 0.29) is 5.56 Å². The Bertz CT molecular complexity index is 772. The Morgan fingerprint density at radius 1 is 1.04 bits per heavy atom. The van der Waals surface area contributed by atoms with Crippen molar-refractivity contribution >= 4 is 17.6 Å². The number of carbonyl (C=O) groups is 2. The molecule has 0 saturated heterocycles. The molecule has 1 amide bonds. The Labute approximate surface area is 146 Å². The summed E-state index contributed by atoms with van der Waals surface area (Å²) in [5, 5.41) is 2.72. The van der Waals surface area contributed by atoms with Gasteiger partial charge >= 0.3 is 5.97 Å². The normalized spacial score (nSPS) is 11.4. The topological polar surface area (TPSA) is 73.9 Å². The average Bonchev–Trinajstić information content (AvgIpc) is 2.60. The lowest BCUT2D eigenvalue weighted by Crippen LogP contribution is -2.30. The van der Waals surface area contributed by atoms with Gasteiger partial charge in [0, 0.05) is 5.69 Å². The van der Waals surface area contributed by atoms with Crippen LogP contribution >= 0.6 is 0 Å². The molecule has 132 valence electrons. The van der Waals surface area contributed by atoms with Gasteiger partial charge in [-0.05, 0) is 49.7 Å². The fraction of sp³-hybridized carbons (Fsp3) is 0.263. The van der Waals surface area contributed by atoms with Crippen molar-refractivity contribution in [3.63, 3.8) is 0 Å². The molecule has 0 spiro atoms. The smallest absolute Gasteiger partial charge is 0.342 e. The molecule has 2 rings (SSSR count). The third kappa shape index (κ3) is 4.73. The molecular formula is C19H21NO5. The minimum atomic E-state index is -0.969. The van der Waals surface area contributed by atoms with Gasteiger partial charge in [0.05, 0.1) is 14.2 Å². The van der Waals surface area contributed by atoms with Gasteiger partial charge in [-0.1, -0.05) is 12.1 Å². The molecule has 0 unspecified atom stereocenters. The molecule has 0 saturated carbocycles. The van der Waals surface area contributed by atoms with Gasteiger partial charge in [0.1, 0.15) is 17.1 Å². The summed E-state index contributed by atoms with van der Waals surface area (Å²) in [6.45, 7) is 3.43. The van der Waals surface area contributed by atoms with Gasteiger partial charge in [-0.15, -0.1) is 0 Å². The molecule has 2 aromatic rings. The van der Waals surface area contributed by atoms with E-state index in [1.807, 2.05) is 25.1 Å². The molecule has 6 nitrogen and oxygen atoms in total. The second kappa shape index (κ2) is 8.19. The summed E-state index contributed by atoms with van der Waals surface area (Å²) in [7, 11) is 2.95. The number of esters is 1. The van der Waals surface area contributed by atoms with Crippen molar-refractivity contribution in [2.75, 3.05) is 19.5 Å². The zero-order valence-corrected chi connectivity index (χ0v) is 14.7. The van der Waals surface area contributed by atoms with Crippen molar-refractivity contribution in [3.8, 4) is 11.5 Å². The number of amides is 1. The van der Waals surface area contributed by atoms with E-state index in [9.17, 15) is 9.59 Å². The van der Waals surface area contributed by atoms with E-state index in [1.165, 1.54) is 27.2 Å². The summed E-state index contributed by atoms with van der Waals surface area (Å²) in [5.74, 6) is -0.245. The highest BCUT2D eigenvalue weighted by atomic mass is 16.5. The van der Waals surface area contributed by atoms with Crippen molar-refractivity contribution in [2.24, 2.45) is 0 Å². The first-order chi connectivity index (χ1) is 11.9. The summed E-state index contributed by atoms with van der Waals surface area (Å²) >= 11 is 0. The van der Waals surface area contributed by atoms with E-state index in [0.29, 0.717) is 17.2 Å². The number of rotatable bonds is 6. The second-order valence-corrected chi connectivity index (χ2v) is 5.47. The Kier molecular flexibility index (Phi) is 6.00. The van der Waals surface area contributed by atoms with E-state index >= 15 is 0 Å². The minimum absolute atomic E-state index is 0.192. The number of carbonyl (C=O) groups excluding carboxylic acids is 2. The molecule has 1 N–H and O–H groups in total. The van der Waals surface area contributed by atoms with Gasteiger partial charge in [-0.3, -0.25) is 4.79 Å². The van der Waals surface area contributed by atoms with E-state index in [2.05, 4.69) is 5.32 Å². The number of benzene rings is 2. The van der Waals surface area contributed by atoms with Crippen LogP contribution in [0.2, 0.25) is 0 Å². The molecule has 0 heterocycles. The number of aryl methyl sites for hydroxylation is 1. The van der Waals surface area contributed by atoms with Crippen LogP contribution in [0.4, 0.5) is 5.69 Å². The number of anilines is 1. The van der Waals surface area contributed by atoms with Crippen LogP contribution in [0.5, 0.6) is 11.5 Å². The molecule has 0 aliphatic rings. The highest BCUT2D eigenvalue weighted by molar-refractivity contribution is 5.98. The Balaban J connectivity index is 2.08. The number of hydrogen-bond acceptors (Lipinski definition) is 5. The van der Waals surface area contributed by atoms with Crippen molar-refractivity contribution < 1.29 is 23.8 Å². The van der Waals surface area contributed by atoms with Gasteiger partial charge in [-0.25, -0.2) is 4.79 Å². The quantitative estimate of drug-likeness (QED) is 0.816. The first-order valence-electron chi connectivity index (χ1n) is 7.75. The molecular weight excluding hydrogens is 322 g/mol. The Morgan fingerprint density at radius 2 is 1.80 bits per heavy atom. The van der Waals surface area contributed by atoms with Gasteiger partial charge < -0.3 is 19.5 Å². The van der Waals surface area contributed by atoms with Crippen LogP contribution in [-0.2, 0) is 9.53 Å². The van der Waals surface area contributed by atoms with Crippen molar-refractivity contribution in [2.45, 2.75) is 20.0 Å². The van der Waals surface area contributed by atoms with Crippen LogP contribution < -0.4 is 14.8 Å². The summed E-state index contributed by atoms with van der Waals surface area (Å²) in [6.07, 6.45) is -0.969. The van der Waals surface area contributed by atoms with Crippen molar-refractivity contribution in [3.05, 3.63) is 53.6 Å². The van der Waals surface area contributed by atoms with E-state index < -0.39 is 18.0 Å². The molecule has 0 aliphatic heterocycles. The monoisotopic (exact) mass is 343 g/mol. The summed E-state index contributed by atoms with van der Waals surface area (Å²) in [4.78, 5) is 24.6. The van der Waals surface area contributed by atoms with E-state index in [0.717, 1.165) is 5.56 Å². The molecule has 0 aliphatic carbocycles. The fourth-order valence-electron chi connectivity index (χ4n) is 2.22. The molecule has 0 radical (unpaired) electrons. The molecule has 2 aromatic carbocycles. The fourth-order valence-corrected chi connectivity index (χ4v) is 2.22. The van der Waals surface area contributed by atoms with Crippen LogP contribution in [0.25, 0.3) is 0 Å². The standard InChI is InChI=1S/C19H21NO5/c1-12-6-5-7-14(10-12)20-18(21)13(2)25-19(22)16-11-15(23-3)8-9-17(16)24-4/h5-11,13H,1-4H3,(H,20,21)/t13-/m0/s1. The zero-order chi connectivity index (χ0) is 18.4. The van der Waals surface area contributed by atoms with Crippen molar-refractivity contribution in [1.29, 1.82) is 0 Å². The summed E-state index contributed by atoms with van der Waals surface area (Å²) in [6, 6.07) is 12.1. The summed E-state index contributed by atoms with van der Waals surface area (Å²) < 4.78 is 15.5. The maximum absolute atomic E-state index is 12.4. The molecule has 0 fully saturated rings. The minimum Gasteiger partial charge on any atom is -0.497 e.